The fourth-order valence-electron chi connectivity index (χ4n) is 1.47. The Morgan fingerprint density at radius 3 is 2.78 bits per heavy atom. The number of anilines is 1. The maximum absolute atomic E-state index is 11.6. The summed E-state index contributed by atoms with van der Waals surface area (Å²) in [4.78, 5) is 11.6. The van der Waals surface area contributed by atoms with Crippen LogP contribution in [0.4, 0.5) is 5.69 Å². The summed E-state index contributed by atoms with van der Waals surface area (Å²) in [5, 5.41) is 7.73. The summed E-state index contributed by atoms with van der Waals surface area (Å²) in [5.74, 6) is 0. The molecule has 0 spiro atoms. The van der Waals surface area contributed by atoms with Gasteiger partial charge in [0.2, 0.25) is 0 Å². The van der Waals surface area contributed by atoms with Gasteiger partial charge in [0.15, 0.2) is 0 Å². The fourth-order valence-corrected chi connectivity index (χ4v) is 1.91. The van der Waals surface area contributed by atoms with E-state index < -0.39 is 0 Å². The van der Waals surface area contributed by atoms with Crippen molar-refractivity contribution < 1.29 is 0 Å². The molecule has 0 aliphatic carbocycles. The van der Waals surface area contributed by atoms with Crippen molar-refractivity contribution in [2.45, 2.75) is 6.54 Å². The average Bonchev–Trinajstić information content (AvgIpc) is 2.37. The van der Waals surface area contributed by atoms with Gasteiger partial charge in [-0.1, -0.05) is 41.4 Å². The van der Waals surface area contributed by atoms with Crippen molar-refractivity contribution in [1.82, 2.24) is 9.78 Å². The number of aryl methyl sites for hydroxylation is 1. The molecule has 1 aromatic carbocycles. The lowest BCUT2D eigenvalue weighted by Crippen LogP contribution is -2.21. The number of nitrogens with one attached hydrogen (secondary N) is 1. The van der Waals surface area contributed by atoms with Crippen molar-refractivity contribution >= 4 is 28.9 Å². The first kappa shape index (κ1) is 12.9. The van der Waals surface area contributed by atoms with Crippen LogP contribution in [0.15, 0.2) is 35.3 Å². The molecule has 0 unspecified atom stereocenters. The molecule has 0 amide bonds. The first-order valence-corrected chi connectivity index (χ1v) is 6.04. The minimum absolute atomic E-state index is 0.125. The largest absolute Gasteiger partial charge is 0.378 e. The Labute approximate surface area is 114 Å². The molecule has 1 heterocycles. The van der Waals surface area contributed by atoms with Gasteiger partial charge in [0.25, 0.3) is 5.56 Å². The van der Waals surface area contributed by atoms with Gasteiger partial charge in [-0.3, -0.25) is 4.79 Å². The van der Waals surface area contributed by atoms with Crippen LogP contribution >= 0.6 is 23.2 Å². The highest BCUT2D eigenvalue weighted by molar-refractivity contribution is 6.33. The molecule has 0 saturated carbocycles. The second-order valence-corrected chi connectivity index (χ2v) is 4.53. The van der Waals surface area contributed by atoms with Crippen molar-refractivity contribution in [1.29, 1.82) is 0 Å². The third-order valence-electron chi connectivity index (χ3n) is 2.51. The molecular weight excluding hydrogens is 273 g/mol. The topological polar surface area (TPSA) is 46.9 Å². The average molecular weight is 284 g/mol. The Bertz CT molecular complexity index is 625. The van der Waals surface area contributed by atoms with E-state index in [2.05, 4.69) is 10.4 Å². The second-order valence-electron chi connectivity index (χ2n) is 3.75. The van der Waals surface area contributed by atoms with E-state index in [4.69, 9.17) is 23.2 Å². The second kappa shape index (κ2) is 5.42. The smallest absolute Gasteiger partial charge is 0.287 e. The number of benzene rings is 1. The molecular formula is C12H11Cl2N3O. The molecule has 0 saturated heterocycles. The molecule has 18 heavy (non-hydrogen) atoms. The van der Waals surface area contributed by atoms with E-state index in [1.165, 1.54) is 10.9 Å². The highest BCUT2D eigenvalue weighted by Crippen LogP contribution is 2.19. The summed E-state index contributed by atoms with van der Waals surface area (Å²) < 4.78 is 1.18. The van der Waals surface area contributed by atoms with Crippen LogP contribution in [-0.2, 0) is 13.6 Å². The summed E-state index contributed by atoms with van der Waals surface area (Å²) in [7, 11) is 1.55. The molecule has 2 rings (SSSR count). The van der Waals surface area contributed by atoms with Crippen LogP contribution < -0.4 is 10.9 Å². The van der Waals surface area contributed by atoms with Crippen LogP contribution in [0.25, 0.3) is 0 Å². The first-order valence-electron chi connectivity index (χ1n) is 5.28. The van der Waals surface area contributed by atoms with E-state index in [0.717, 1.165) is 5.56 Å². The summed E-state index contributed by atoms with van der Waals surface area (Å²) in [6, 6.07) is 7.46. The van der Waals surface area contributed by atoms with E-state index in [0.29, 0.717) is 17.3 Å². The Morgan fingerprint density at radius 1 is 1.33 bits per heavy atom. The molecule has 94 valence electrons. The number of aromatic nitrogens is 2. The Hall–Kier alpha value is -1.52. The summed E-state index contributed by atoms with van der Waals surface area (Å²) in [6.45, 7) is 0.480. The minimum atomic E-state index is -0.333. The molecule has 0 aliphatic heterocycles. The molecule has 0 atom stereocenters. The van der Waals surface area contributed by atoms with Gasteiger partial charge in [0.1, 0.15) is 5.02 Å². The maximum Gasteiger partial charge on any atom is 0.287 e. The van der Waals surface area contributed by atoms with Gasteiger partial charge in [0, 0.05) is 18.6 Å². The third kappa shape index (κ3) is 2.66. The summed E-state index contributed by atoms with van der Waals surface area (Å²) in [6.07, 6.45) is 1.51. The lowest BCUT2D eigenvalue weighted by atomic mass is 10.2. The normalized spacial score (nSPS) is 10.4. The van der Waals surface area contributed by atoms with Gasteiger partial charge in [-0.05, 0) is 11.6 Å². The van der Waals surface area contributed by atoms with Gasteiger partial charge in [0.05, 0.1) is 11.9 Å². The van der Waals surface area contributed by atoms with E-state index in [-0.39, 0.29) is 10.6 Å². The van der Waals surface area contributed by atoms with E-state index in [9.17, 15) is 4.79 Å². The molecule has 0 fully saturated rings. The number of hydrogen-bond acceptors (Lipinski definition) is 3. The maximum atomic E-state index is 11.6. The van der Waals surface area contributed by atoms with Crippen LogP contribution in [-0.4, -0.2) is 9.78 Å². The first-order chi connectivity index (χ1) is 8.59. The molecule has 1 aromatic heterocycles. The minimum Gasteiger partial charge on any atom is -0.378 e. The highest BCUT2D eigenvalue weighted by Gasteiger charge is 2.07. The van der Waals surface area contributed by atoms with E-state index >= 15 is 0 Å². The van der Waals surface area contributed by atoms with E-state index in [1.54, 1.807) is 7.05 Å². The lowest BCUT2D eigenvalue weighted by Gasteiger charge is -2.09. The number of halogens is 2. The fraction of sp³-hybridized carbons (Fsp3) is 0.167. The van der Waals surface area contributed by atoms with Crippen LogP contribution in [0.5, 0.6) is 0 Å². The predicted molar refractivity (Wildman–Crippen MR) is 73.3 cm³/mol. The standard InChI is InChI=1S/C12H11Cl2N3O/c1-17-12(18)11(14)10(7-16-17)15-6-8-4-2-3-5-9(8)13/h2-5,7,15H,6H2,1H3. The number of hydrogen-bond donors (Lipinski definition) is 1. The molecule has 0 bridgehead atoms. The number of nitrogens with zero attached hydrogens (tertiary/aromatic N) is 2. The van der Waals surface area contributed by atoms with Crippen LogP contribution in [0.1, 0.15) is 5.56 Å². The predicted octanol–water partition coefficient (Wildman–Crippen LogP) is 2.70. The number of rotatable bonds is 3. The monoisotopic (exact) mass is 283 g/mol. The Kier molecular flexibility index (Phi) is 3.89. The summed E-state index contributed by atoms with van der Waals surface area (Å²) in [5.41, 5.74) is 1.09. The van der Waals surface area contributed by atoms with E-state index in [1.807, 2.05) is 24.3 Å². The van der Waals surface area contributed by atoms with Crippen LogP contribution in [0.2, 0.25) is 10.0 Å². The molecule has 4 nitrogen and oxygen atoms in total. The summed E-state index contributed by atoms with van der Waals surface area (Å²) >= 11 is 12.0. The zero-order valence-corrected chi connectivity index (χ0v) is 11.2. The zero-order chi connectivity index (χ0) is 13.1. The quantitative estimate of drug-likeness (QED) is 0.942. The molecule has 1 N–H and O–H groups in total. The van der Waals surface area contributed by atoms with Crippen molar-refractivity contribution in [2.24, 2.45) is 7.05 Å². The van der Waals surface area contributed by atoms with Crippen molar-refractivity contribution in [3.63, 3.8) is 0 Å². The Morgan fingerprint density at radius 2 is 2.06 bits per heavy atom. The van der Waals surface area contributed by atoms with Gasteiger partial charge in [-0.25, -0.2) is 4.68 Å². The van der Waals surface area contributed by atoms with Crippen molar-refractivity contribution in [3.8, 4) is 0 Å². The van der Waals surface area contributed by atoms with Gasteiger partial charge in [-0.15, -0.1) is 0 Å². The highest BCUT2D eigenvalue weighted by atomic mass is 35.5. The lowest BCUT2D eigenvalue weighted by molar-refractivity contribution is 0.708. The van der Waals surface area contributed by atoms with Crippen molar-refractivity contribution in [3.05, 3.63) is 56.4 Å². The van der Waals surface area contributed by atoms with Crippen LogP contribution in [0, 0.1) is 0 Å². The SMILES string of the molecule is Cn1ncc(NCc2ccccc2Cl)c(Cl)c1=O. The molecule has 2 aromatic rings. The van der Waals surface area contributed by atoms with Gasteiger partial charge in [-0.2, -0.15) is 5.10 Å². The zero-order valence-electron chi connectivity index (χ0n) is 9.65. The third-order valence-corrected chi connectivity index (χ3v) is 3.24. The van der Waals surface area contributed by atoms with Gasteiger partial charge >= 0.3 is 0 Å². The van der Waals surface area contributed by atoms with Crippen LogP contribution in [0.3, 0.4) is 0 Å². The molecule has 0 aliphatic rings. The van der Waals surface area contributed by atoms with Crippen molar-refractivity contribution in [2.75, 3.05) is 5.32 Å². The Balaban J connectivity index is 2.19. The molecule has 0 radical (unpaired) electrons. The molecule has 6 heteroatoms. The van der Waals surface area contributed by atoms with Gasteiger partial charge < -0.3 is 5.32 Å².